The van der Waals surface area contributed by atoms with Crippen molar-refractivity contribution in [2.75, 3.05) is 26.2 Å². The Kier molecular flexibility index (Phi) is 4.77. The summed E-state index contributed by atoms with van der Waals surface area (Å²) in [5.41, 5.74) is 1.38. The predicted octanol–water partition coefficient (Wildman–Crippen LogP) is 3.22. The lowest BCUT2D eigenvalue weighted by Crippen LogP contribution is -2.49. The minimum atomic E-state index is -0.277. The summed E-state index contributed by atoms with van der Waals surface area (Å²) in [5.74, 6) is -0.206. The summed E-state index contributed by atoms with van der Waals surface area (Å²) >= 11 is 0. The molecule has 1 amide bonds. The Bertz CT molecular complexity index is 540. The van der Waals surface area contributed by atoms with E-state index in [2.05, 4.69) is 4.90 Å². The summed E-state index contributed by atoms with van der Waals surface area (Å²) in [6, 6.07) is 4.78. The van der Waals surface area contributed by atoms with E-state index in [1.807, 2.05) is 11.8 Å². The van der Waals surface area contributed by atoms with Gasteiger partial charge < -0.3 is 9.80 Å². The van der Waals surface area contributed by atoms with Crippen LogP contribution in [0.3, 0.4) is 0 Å². The molecule has 0 bridgehead atoms. The van der Waals surface area contributed by atoms with Gasteiger partial charge in [-0.3, -0.25) is 4.79 Å². The number of hydrogen-bond acceptors (Lipinski definition) is 2. The van der Waals surface area contributed by atoms with Crippen LogP contribution in [0.25, 0.3) is 0 Å². The Morgan fingerprint density at radius 2 is 1.91 bits per heavy atom. The van der Waals surface area contributed by atoms with E-state index in [0.717, 1.165) is 44.6 Å². The van der Waals surface area contributed by atoms with E-state index in [-0.39, 0.29) is 11.7 Å². The highest BCUT2D eigenvalue weighted by Crippen LogP contribution is 2.23. The zero-order chi connectivity index (χ0) is 15.5. The summed E-state index contributed by atoms with van der Waals surface area (Å²) in [7, 11) is 0. The molecule has 0 aliphatic carbocycles. The number of halogens is 1. The van der Waals surface area contributed by atoms with Gasteiger partial charge in [0.15, 0.2) is 0 Å². The molecule has 0 aromatic heterocycles. The van der Waals surface area contributed by atoms with Gasteiger partial charge in [-0.05, 0) is 75.9 Å². The lowest BCUT2D eigenvalue weighted by Gasteiger charge is -2.38. The van der Waals surface area contributed by atoms with Gasteiger partial charge in [0.25, 0.3) is 5.91 Å². The third-order valence-corrected chi connectivity index (χ3v) is 4.97. The Hall–Kier alpha value is -1.42. The number of aryl methyl sites for hydroxylation is 1. The normalized spacial score (nSPS) is 23.0. The standard InChI is InChI=1S/C18H25FN2O/c1-14-12-15(19)7-8-17(14)18(22)21-11-3-2-6-16(21)13-20-9-4-5-10-20/h7-8,12,16H,2-6,9-11,13H2,1H3. The van der Waals surface area contributed by atoms with Crippen molar-refractivity contribution in [1.29, 1.82) is 0 Å². The van der Waals surface area contributed by atoms with Crippen molar-refractivity contribution in [3.05, 3.63) is 35.1 Å². The molecular weight excluding hydrogens is 279 g/mol. The number of hydrogen-bond donors (Lipinski definition) is 0. The number of likely N-dealkylation sites (tertiary alicyclic amines) is 2. The smallest absolute Gasteiger partial charge is 0.254 e. The number of piperidine rings is 1. The van der Waals surface area contributed by atoms with Gasteiger partial charge >= 0.3 is 0 Å². The average Bonchev–Trinajstić information content (AvgIpc) is 3.00. The average molecular weight is 304 g/mol. The molecule has 2 aliphatic heterocycles. The molecule has 120 valence electrons. The summed E-state index contributed by atoms with van der Waals surface area (Å²) in [4.78, 5) is 17.4. The first kappa shape index (κ1) is 15.5. The maximum Gasteiger partial charge on any atom is 0.254 e. The predicted molar refractivity (Wildman–Crippen MR) is 85.5 cm³/mol. The second-order valence-corrected chi connectivity index (χ2v) is 6.62. The van der Waals surface area contributed by atoms with Crippen molar-refractivity contribution >= 4 is 5.91 Å². The molecule has 3 rings (SSSR count). The van der Waals surface area contributed by atoms with Crippen LogP contribution in [0.4, 0.5) is 4.39 Å². The van der Waals surface area contributed by atoms with Crippen molar-refractivity contribution in [3.63, 3.8) is 0 Å². The fourth-order valence-corrected chi connectivity index (χ4v) is 3.74. The third-order valence-electron chi connectivity index (χ3n) is 4.97. The van der Waals surface area contributed by atoms with E-state index >= 15 is 0 Å². The topological polar surface area (TPSA) is 23.6 Å². The molecule has 1 unspecified atom stereocenters. The Morgan fingerprint density at radius 3 is 2.64 bits per heavy atom. The van der Waals surface area contributed by atoms with Crippen LogP contribution in [0, 0.1) is 12.7 Å². The Labute approximate surface area is 132 Å². The molecule has 22 heavy (non-hydrogen) atoms. The first-order valence-electron chi connectivity index (χ1n) is 8.44. The largest absolute Gasteiger partial charge is 0.334 e. The fourth-order valence-electron chi connectivity index (χ4n) is 3.74. The first-order valence-corrected chi connectivity index (χ1v) is 8.44. The van der Waals surface area contributed by atoms with E-state index in [1.54, 1.807) is 6.07 Å². The van der Waals surface area contributed by atoms with Gasteiger partial charge in [0.2, 0.25) is 0 Å². The fraction of sp³-hybridized carbons (Fsp3) is 0.611. The minimum Gasteiger partial charge on any atom is -0.334 e. The third kappa shape index (κ3) is 3.32. The molecule has 0 saturated carbocycles. The van der Waals surface area contributed by atoms with Crippen LogP contribution in [0.1, 0.15) is 48.0 Å². The quantitative estimate of drug-likeness (QED) is 0.856. The van der Waals surface area contributed by atoms with Gasteiger partial charge in [-0.2, -0.15) is 0 Å². The van der Waals surface area contributed by atoms with Crippen molar-refractivity contribution in [2.45, 2.75) is 45.1 Å². The molecular formula is C18H25FN2O. The van der Waals surface area contributed by atoms with Gasteiger partial charge in [-0.25, -0.2) is 4.39 Å². The number of carbonyl (C=O) groups is 1. The second-order valence-electron chi connectivity index (χ2n) is 6.62. The number of benzene rings is 1. The van der Waals surface area contributed by atoms with Crippen LogP contribution in [0.2, 0.25) is 0 Å². The zero-order valence-electron chi connectivity index (χ0n) is 13.4. The number of rotatable bonds is 3. The minimum absolute atomic E-state index is 0.0707. The summed E-state index contributed by atoms with van der Waals surface area (Å²) in [6.45, 7) is 5.96. The molecule has 2 fully saturated rings. The molecule has 1 atom stereocenters. The Morgan fingerprint density at radius 1 is 1.18 bits per heavy atom. The van der Waals surface area contributed by atoms with Crippen molar-refractivity contribution in [3.8, 4) is 0 Å². The van der Waals surface area contributed by atoms with Crippen LogP contribution < -0.4 is 0 Å². The van der Waals surface area contributed by atoms with E-state index in [1.165, 1.54) is 31.4 Å². The molecule has 2 saturated heterocycles. The van der Waals surface area contributed by atoms with Crippen molar-refractivity contribution < 1.29 is 9.18 Å². The van der Waals surface area contributed by atoms with Gasteiger partial charge in [-0.15, -0.1) is 0 Å². The van der Waals surface area contributed by atoms with Gasteiger partial charge in [-0.1, -0.05) is 0 Å². The van der Waals surface area contributed by atoms with Crippen LogP contribution in [0.15, 0.2) is 18.2 Å². The van der Waals surface area contributed by atoms with Gasteiger partial charge in [0.05, 0.1) is 0 Å². The number of amides is 1. The zero-order valence-corrected chi connectivity index (χ0v) is 13.4. The highest BCUT2D eigenvalue weighted by atomic mass is 19.1. The van der Waals surface area contributed by atoms with Crippen LogP contribution >= 0.6 is 0 Å². The molecule has 2 aliphatic rings. The van der Waals surface area contributed by atoms with Crippen molar-refractivity contribution in [1.82, 2.24) is 9.80 Å². The number of carbonyl (C=O) groups excluding carboxylic acids is 1. The summed E-state index contributed by atoms with van der Waals surface area (Å²) < 4.78 is 13.3. The highest BCUT2D eigenvalue weighted by molar-refractivity contribution is 5.95. The molecule has 1 aromatic carbocycles. The van der Waals surface area contributed by atoms with Gasteiger partial charge in [0, 0.05) is 24.7 Å². The van der Waals surface area contributed by atoms with Gasteiger partial charge in [0.1, 0.15) is 5.82 Å². The lowest BCUT2D eigenvalue weighted by atomic mass is 9.99. The van der Waals surface area contributed by atoms with Crippen molar-refractivity contribution in [2.24, 2.45) is 0 Å². The Balaban J connectivity index is 1.75. The number of nitrogens with zero attached hydrogens (tertiary/aromatic N) is 2. The molecule has 3 nitrogen and oxygen atoms in total. The SMILES string of the molecule is Cc1cc(F)ccc1C(=O)N1CCCCC1CN1CCCC1. The summed E-state index contributed by atoms with van der Waals surface area (Å²) in [5, 5.41) is 0. The monoisotopic (exact) mass is 304 g/mol. The van der Waals surface area contributed by atoms with Crippen LogP contribution in [0.5, 0.6) is 0 Å². The van der Waals surface area contributed by atoms with E-state index in [4.69, 9.17) is 0 Å². The van der Waals surface area contributed by atoms with E-state index in [0.29, 0.717) is 11.6 Å². The highest BCUT2D eigenvalue weighted by Gasteiger charge is 2.30. The molecule has 0 radical (unpaired) electrons. The van der Waals surface area contributed by atoms with Crippen LogP contribution in [-0.4, -0.2) is 47.9 Å². The molecule has 1 aromatic rings. The van der Waals surface area contributed by atoms with E-state index in [9.17, 15) is 9.18 Å². The molecule has 0 spiro atoms. The second kappa shape index (κ2) is 6.78. The maximum absolute atomic E-state index is 13.3. The lowest BCUT2D eigenvalue weighted by molar-refractivity contribution is 0.0560. The maximum atomic E-state index is 13.3. The van der Waals surface area contributed by atoms with E-state index < -0.39 is 0 Å². The molecule has 2 heterocycles. The summed E-state index contributed by atoms with van der Waals surface area (Å²) in [6.07, 6.45) is 5.91. The molecule has 0 N–H and O–H groups in total. The molecule has 4 heteroatoms. The van der Waals surface area contributed by atoms with Crippen LogP contribution in [-0.2, 0) is 0 Å². The first-order chi connectivity index (χ1) is 10.6.